The summed E-state index contributed by atoms with van der Waals surface area (Å²) in [6.07, 6.45) is 1.92. The molecule has 0 saturated heterocycles. The van der Waals surface area contributed by atoms with E-state index in [-0.39, 0.29) is 5.82 Å². The number of hydrogen-bond acceptors (Lipinski definition) is 5. The average molecular weight is 377 g/mol. The van der Waals surface area contributed by atoms with Gasteiger partial charge in [0.05, 0.1) is 23.4 Å². The number of fused-ring (bicyclic) bond motifs is 1. The molecule has 0 bridgehead atoms. The number of nitrogens with zero attached hydrogens (tertiary/aromatic N) is 3. The Bertz CT molecular complexity index is 1100. The van der Waals surface area contributed by atoms with E-state index >= 15 is 0 Å². The van der Waals surface area contributed by atoms with Gasteiger partial charge in [0.15, 0.2) is 0 Å². The van der Waals surface area contributed by atoms with Crippen molar-refractivity contribution in [3.63, 3.8) is 0 Å². The Balaban J connectivity index is 2.33. The van der Waals surface area contributed by atoms with Gasteiger partial charge in [-0.1, -0.05) is 11.6 Å². The number of anilines is 1. The molecule has 5 nitrogen and oxygen atoms in total. The number of rotatable bonds is 3. The number of aromatic nitrogens is 1. The van der Waals surface area contributed by atoms with Crippen molar-refractivity contribution >= 4 is 34.6 Å². The summed E-state index contributed by atoms with van der Waals surface area (Å²) < 4.78 is 5.70. The third kappa shape index (κ3) is 3.03. The highest BCUT2D eigenvalue weighted by molar-refractivity contribution is 6.30. The SMILES string of the molecule is CCOc1ccc(Cl)cc1/C=C1/C(C)=C(C#N)c2nc(N)c(C#N)c(C)c21. The van der Waals surface area contributed by atoms with E-state index in [1.54, 1.807) is 6.07 Å². The fourth-order valence-corrected chi connectivity index (χ4v) is 3.45. The number of nitriles is 2. The van der Waals surface area contributed by atoms with Crippen molar-refractivity contribution in [3.8, 4) is 17.9 Å². The first-order chi connectivity index (χ1) is 12.9. The zero-order valence-corrected chi connectivity index (χ0v) is 16.0. The van der Waals surface area contributed by atoms with E-state index in [1.807, 2.05) is 39.0 Å². The molecule has 0 saturated carbocycles. The van der Waals surface area contributed by atoms with E-state index in [0.29, 0.717) is 39.8 Å². The Morgan fingerprint density at radius 3 is 2.63 bits per heavy atom. The summed E-state index contributed by atoms with van der Waals surface area (Å²) in [6, 6.07) is 9.70. The summed E-state index contributed by atoms with van der Waals surface area (Å²) >= 11 is 6.17. The number of ether oxygens (including phenoxy) is 1. The van der Waals surface area contributed by atoms with Crippen LogP contribution in [0.25, 0.3) is 17.2 Å². The zero-order chi connectivity index (χ0) is 19.7. The van der Waals surface area contributed by atoms with Crippen LogP contribution in [0.4, 0.5) is 5.82 Å². The number of nitrogen functional groups attached to an aromatic ring is 1. The molecule has 27 heavy (non-hydrogen) atoms. The molecule has 0 unspecified atom stereocenters. The number of halogens is 1. The van der Waals surface area contributed by atoms with Crippen LogP contribution in [0, 0.1) is 29.6 Å². The summed E-state index contributed by atoms with van der Waals surface area (Å²) in [4.78, 5) is 4.33. The lowest BCUT2D eigenvalue weighted by molar-refractivity contribution is 0.339. The molecule has 2 N–H and O–H groups in total. The van der Waals surface area contributed by atoms with Crippen molar-refractivity contribution in [2.75, 3.05) is 12.3 Å². The quantitative estimate of drug-likeness (QED) is 0.833. The molecule has 0 atom stereocenters. The predicted molar refractivity (Wildman–Crippen MR) is 107 cm³/mol. The molecule has 1 heterocycles. The molecule has 0 spiro atoms. The third-order valence-corrected chi connectivity index (χ3v) is 4.79. The Kier molecular flexibility index (Phi) is 4.90. The molecule has 0 amide bonds. The highest BCUT2D eigenvalue weighted by Gasteiger charge is 2.29. The van der Waals surface area contributed by atoms with E-state index in [4.69, 9.17) is 22.1 Å². The molecular formula is C21H17ClN4O. The number of allylic oxidation sites excluding steroid dienone is 3. The van der Waals surface area contributed by atoms with E-state index < -0.39 is 0 Å². The van der Waals surface area contributed by atoms with Gasteiger partial charge in [-0.3, -0.25) is 0 Å². The van der Waals surface area contributed by atoms with Crippen LogP contribution >= 0.6 is 11.6 Å². The second kappa shape index (κ2) is 7.15. The molecule has 1 aliphatic rings. The van der Waals surface area contributed by atoms with Crippen LogP contribution in [0.2, 0.25) is 5.02 Å². The van der Waals surface area contributed by atoms with Crippen molar-refractivity contribution in [1.82, 2.24) is 4.98 Å². The second-order valence-corrected chi connectivity index (χ2v) is 6.55. The van der Waals surface area contributed by atoms with Crippen LogP contribution in [0.15, 0.2) is 23.8 Å². The van der Waals surface area contributed by atoms with Crippen LogP contribution in [0.5, 0.6) is 5.75 Å². The first-order valence-electron chi connectivity index (χ1n) is 8.39. The maximum Gasteiger partial charge on any atom is 0.142 e. The highest BCUT2D eigenvalue weighted by Crippen LogP contribution is 2.44. The minimum absolute atomic E-state index is 0.133. The van der Waals surface area contributed by atoms with Crippen molar-refractivity contribution in [2.24, 2.45) is 0 Å². The maximum atomic E-state index is 9.63. The Morgan fingerprint density at radius 2 is 2.00 bits per heavy atom. The van der Waals surface area contributed by atoms with Crippen molar-refractivity contribution in [1.29, 1.82) is 10.5 Å². The van der Waals surface area contributed by atoms with E-state index in [1.165, 1.54) is 0 Å². The predicted octanol–water partition coefficient (Wildman–Crippen LogP) is 4.75. The number of pyridine rings is 1. The van der Waals surface area contributed by atoms with Gasteiger partial charge in [0, 0.05) is 16.1 Å². The van der Waals surface area contributed by atoms with E-state index in [0.717, 1.165) is 22.3 Å². The average Bonchev–Trinajstić information content (AvgIpc) is 2.89. The van der Waals surface area contributed by atoms with Crippen LogP contribution in [0.1, 0.15) is 41.8 Å². The van der Waals surface area contributed by atoms with Crippen LogP contribution < -0.4 is 10.5 Å². The summed E-state index contributed by atoms with van der Waals surface area (Å²) in [5.41, 5.74) is 11.0. The Labute approximate surface area is 163 Å². The number of benzene rings is 1. The zero-order valence-electron chi connectivity index (χ0n) is 15.2. The van der Waals surface area contributed by atoms with Gasteiger partial charge in [0.2, 0.25) is 0 Å². The molecule has 134 valence electrons. The molecule has 1 aromatic carbocycles. The monoisotopic (exact) mass is 376 g/mol. The normalized spacial score (nSPS) is 14.1. The van der Waals surface area contributed by atoms with Gasteiger partial charge in [-0.25, -0.2) is 4.98 Å². The largest absolute Gasteiger partial charge is 0.493 e. The third-order valence-electron chi connectivity index (χ3n) is 4.56. The highest BCUT2D eigenvalue weighted by atomic mass is 35.5. The molecular weight excluding hydrogens is 360 g/mol. The first-order valence-corrected chi connectivity index (χ1v) is 8.77. The second-order valence-electron chi connectivity index (χ2n) is 6.12. The van der Waals surface area contributed by atoms with E-state index in [9.17, 15) is 10.5 Å². The number of hydrogen-bond donors (Lipinski definition) is 1. The molecule has 6 heteroatoms. The van der Waals surface area contributed by atoms with Crippen LogP contribution in [-0.4, -0.2) is 11.6 Å². The van der Waals surface area contributed by atoms with Gasteiger partial charge >= 0.3 is 0 Å². The topological polar surface area (TPSA) is 95.7 Å². The molecule has 1 aliphatic carbocycles. The summed E-state index contributed by atoms with van der Waals surface area (Å²) in [5.74, 6) is 0.823. The fourth-order valence-electron chi connectivity index (χ4n) is 3.27. The fraction of sp³-hybridized carbons (Fsp3) is 0.190. The van der Waals surface area contributed by atoms with Gasteiger partial charge in [0.25, 0.3) is 0 Å². The van der Waals surface area contributed by atoms with Crippen LogP contribution in [0.3, 0.4) is 0 Å². The van der Waals surface area contributed by atoms with Crippen molar-refractivity contribution in [2.45, 2.75) is 20.8 Å². The Hall–Kier alpha value is -3.28. The summed E-state index contributed by atoms with van der Waals surface area (Å²) in [6.45, 7) is 6.10. The lowest BCUT2D eigenvalue weighted by Gasteiger charge is -2.12. The standard InChI is InChI=1S/C21H17ClN4O/c1-4-27-18-6-5-14(22)7-13(18)8-15-11(2)16(9-23)20-19(15)12(3)17(10-24)21(25)26-20/h5-8H,4H2,1-3H3,(H2,25,26)/b15-8-. The molecule has 1 aromatic heterocycles. The number of nitrogens with two attached hydrogens (primary N) is 1. The molecule has 3 rings (SSSR count). The van der Waals surface area contributed by atoms with Gasteiger partial charge in [0.1, 0.15) is 23.7 Å². The molecule has 0 radical (unpaired) electrons. The molecule has 0 fully saturated rings. The van der Waals surface area contributed by atoms with Gasteiger partial charge in [-0.05, 0) is 61.8 Å². The van der Waals surface area contributed by atoms with Gasteiger partial charge in [-0.2, -0.15) is 10.5 Å². The van der Waals surface area contributed by atoms with Crippen molar-refractivity contribution < 1.29 is 4.74 Å². The van der Waals surface area contributed by atoms with Crippen molar-refractivity contribution in [3.05, 3.63) is 56.7 Å². The lowest BCUT2D eigenvalue weighted by Crippen LogP contribution is -2.04. The van der Waals surface area contributed by atoms with E-state index in [2.05, 4.69) is 17.1 Å². The van der Waals surface area contributed by atoms with Gasteiger partial charge in [-0.15, -0.1) is 0 Å². The van der Waals surface area contributed by atoms with Crippen LogP contribution in [-0.2, 0) is 0 Å². The minimum atomic E-state index is 0.133. The summed E-state index contributed by atoms with van der Waals surface area (Å²) in [7, 11) is 0. The summed E-state index contributed by atoms with van der Waals surface area (Å²) in [5, 5.41) is 19.7. The Morgan fingerprint density at radius 1 is 1.26 bits per heavy atom. The minimum Gasteiger partial charge on any atom is -0.493 e. The smallest absolute Gasteiger partial charge is 0.142 e. The molecule has 2 aromatic rings. The lowest BCUT2D eigenvalue weighted by atomic mass is 9.95. The maximum absolute atomic E-state index is 9.63. The van der Waals surface area contributed by atoms with Gasteiger partial charge < -0.3 is 10.5 Å². The first kappa shape index (κ1) is 18.5. The molecule has 0 aliphatic heterocycles.